The molecule has 0 bridgehead atoms. The van der Waals surface area contributed by atoms with Crippen LogP contribution in [0, 0.1) is 0 Å². The zero-order valence-electron chi connectivity index (χ0n) is 10.7. The standard InChI is InChI=1S/C14H20ClNO2/c1-14(7-4-8-18-10-14)16-9-13(17)11-5-2-3-6-12(11)15/h2-3,5-6,13,16-17H,4,7-10H2,1H3. The summed E-state index contributed by atoms with van der Waals surface area (Å²) in [6.07, 6.45) is 1.55. The molecule has 0 aromatic heterocycles. The van der Waals surface area contributed by atoms with Crippen LogP contribution in [0.2, 0.25) is 5.02 Å². The van der Waals surface area contributed by atoms with Gasteiger partial charge >= 0.3 is 0 Å². The van der Waals surface area contributed by atoms with Gasteiger partial charge in [-0.1, -0.05) is 29.8 Å². The Morgan fingerprint density at radius 3 is 2.94 bits per heavy atom. The number of halogens is 1. The third-order valence-corrected chi connectivity index (χ3v) is 3.77. The van der Waals surface area contributed by atoms with Crippen molar-refractivity contribution in [3.05, 3.63) is 34.9 Å². The minimum Gasteiger partial charge on any atom is -0.387 e. The average molecular weight is 270 g/mol. The summed E-state index contributed by atoms with van der Waals surface area (Å²) in [5.74, 6) is 0. The maximum absolute atomic E-state index is 10.2. The third-order valence-electron chi connectivity index (χ3n) is 3.42. The van der Waals surface area contributed by atoms with Crippen molar-refractivity contribution in [3.63, 3.8) is 0 Å². The Bertz CT molecular complexity index is 391. The van der Waals surface area contributed by atoms with Crippen LogP contribution in [0.1, 0.15) is 31.4 Å². The number of hydrogen-bond donors (Lipinski definition) is 2. The highest BCUT2D eigenvalue weighted by Crippen LogP contribution is 2.24. The van der Waals surface area contributed by atoms with Gasteiger partial charge in [-0.05, 0) is 25.8 Å². The molecule has 1 aromatic carbocycles. The van der Waals surface area contributed by atoms with Crippen molar-refractivity contribution in [2.75, 3.05) is 19.8 Å². The highest BCUT2D eigenvalue weighted by Gasteiger charge is 2.27. The van der Waals surface area contributed by atoms with E-state index in [1.54, 1.807) is 6.07 Å². The molecule has 0 saturated carbocycles. The van der Waals surface area contributed by atoms with E-state index in [0.29, 0.717) is 18.2 Å². The number of benzene rings is 1. The quantitative estimate of drug-likeness (QED) is 0.883. The fourth-order valence-electron chi connectivity index (χ4n) is 2.27. The number of rotatable bonds is 4. The molecule has 4 heteroatoms. The van der Waals surface area contributed by atoms with Crippen LogP contribution >= 0.6 is 11.6 Å². The molecule has 1 fully saturated rings. The summed E-state index contributed by atoms with van der Waals surface area (Å²) in [6, 6.07) is 7.40. The molecule has 1 aliphatic rings. The van der Waals surface area contributed by atoms with E-state index in [9.17, 15) is 5.11 Å². The van der Waals surface area contributed by atoms with Crippen molar-refractivity contribution in [1.82, 2.24) is 5.32 Å². The predicted molar refractivity (Wildman–Crippen MR) is 72.9 cm³/mol. The molecule has 0 amide bonds. The second kappa shape index (κ2) is 6.02. The highest BCUT2D eigenvalue weighted by molar-refractivity contribution is 6.31. The number of aliphatic hydroxyl groups is 1. The molecule has 0 radical (unpaired) electrons. The first-order chi connectivity index (χ1) is 8.61. The molecule has 0 aliphatic carbocycles. The largest absolute Gasteiger partial charge is 0.387 e. The molecule has 18 heavy (non-hydrogen) atoms. The van der Waals surface area contributed by atoms with Gasteiger partial charge < -0.3 is 15.2 Å². The fourth-order valence-corrected chi connectivity index (χ4v) is 2.53. The van der Waals surface area contributed by atoms with E-state index in [0.717, 1.165) is 25.0 Å². The number of β-amino-alcohol motifs (C(OH)–C–C–N with tert-alkyl or cyclic N) is 1. The summed E-state index contributed by atoms with van der Waals surface area (Å²) in [4.78, 5) is 0. The first-order valence-electron chi connectivity index (χ1n) is 6.36. The van der Waals surface area contributed by atoms with Crippen LogP contribution in [0.25, 0.3) is 0 Å². The number of hydrogen-bond acceptors (Lipinski definition) is 3. The van der Waals surface area contributed by atoms with Gasteiger partial charge in [0.2, 0.25) is 0 Å². The minimum absolute atomic E-state index is 0.0412. The summed E-state index contributed by atoms with van der Waals surface area (Å²) in [5.41, 5.74) is 0.729. The average Bonchev–Trinajstić information content (AvgIpc) is 2.38. The second-order valence-electron chi connectivity index (χ2n) is 5.14. The van der Waals surface area contributed by atoms with Gasteiger partial charge in [-0.3, -0.25) is 0 Å². The van der Waals surface area contributed by atoms with E-state index in [-0.39, 0.29) is 5.54 Å². The van der Waals surface area contributed by atoms with Crippen molar-refractivity contribution in [2.45, 2.75) is 31.4 Å². The summed E-state index contributed by atoms with van der Waals surface area (Å²) in [5, 5.41) is 14.2. The van der Waals surface area contributed by atoms with Crippen LogP contribution < -0.4 is 5.32 Å². The lowest BCUT2D eigenvalue weighted by molar-refractivity contribution is 0.0221. The Kier molecular flexibility index (Phi) is 4.62. The molecular weight excluding hydrogens is 250 g/mol. The van der Waals surface area contributed by atoms with E-state index in [2.05, 4.69) is 12.2 Å². The Labute approximate surface area is 113 Å². The van der Waals surface area contributed by atoms with E-state index in [1.165, 1.54) is 0 Å². The molecule has 1 heterocycles. The second-order valence-corrected chi connectivity index (χ2v) is 5.54. The Balaban J connectivity index is 1.92. The van der Waals surface area contributed by atoms with Crippen LogP contribution in [0.15, 0.2) is 24.3 Å². The number of ether oxygens (including phenoxy) is 1. The molecular formula is C14H20ClNO2. The lowest BCUT2D eigenvalue weighted by atomic mass is 9.94. The van der Waals surface area contributed by atoms with Gasteiger partial charge in [0.25, 0.3) is 0 Å². The summed E-state index contributed by atoms with van der Waals surface area (Å²) in [7, 11) is 0. The SMILES string of the molecule is CC1(NCC(O)c2ccccc2Cl)CCCOC1. The van der Waals surface area contributed by atoms with E-state index < -0.39 is 6.10 Å². The summed E-state index contributed by atoms with van der Waals surface area (Å²) in [6.45, 7) is 4.15. The van der Waals surface area contributed by atoms with Crippen molar-refractivity contribution < 1.29 is 9.84 Å². The Morgan fingerprint density at radius 1 is 1.50 bits per heavy atom. The van der Waals surface area contributed by atoms with Crippen LogP contribution in [0.3, 0.4) is 0 Å². The van der Waals surface area contributed by atoms with Gasteiger partial charge in [0.05, 0.1) is 12.7 Å². The molecule has 2 rings (SSSR count). The van der Waals surface area contributed by atoms with Gasteiger partial charge in [0, 0.05) is 29.3 Å². The predicted octanol–water partition coefficient (Wildman–Crippen LogP) is 2.53. The van der Waals surface area contributed by atoms with Crippen molar-refractivity contribution >= 4 is 11.6 Å². The van der Waals surface area contributed by atoms with Crippen molar-refractivity contribution in [2.24, 2.45) is 0 Å². The Hall–Kier alpha value is -0.610. The van der Waals surface area contributed by atoms with Crippen LogP contribution in [-0.2, 0) is 4.74 Å². The Morgan fingerprint density at radius 2 is 2.28 bits per heavy atom. The molecule has 0 spiro atoms. The highest BCUT2D eigenvalue weighted by atomic mass is 35.5. The van der Waals surface area contributed by atoms with Crippen molar-refractivity contribution in [3.8, 4) is 0 Å². The lowest BCUT2D eigenvalue weighted by Gasteiger charge is -2.35. The lowest BCUT2D eigenvalue weighted by Crippen LogP contribution is -2.50. The monoisotopic (exact) mass is 269 g/mol. The van der Waals surface area contributed by atoms with E-state index in [1.807, 2.05) is 18.2 Å². The fraction of sp³-hybridized carbons (Fsp3) is 0.571. The van der Waals surface area contributed by atoms with Gasteiger partial charge in [0.1, 0.15) is 0 Å². The van der Waals surface area contributed by atoms with Crippen LogP contribution in [0.4, 0.5) is 0 Å². The normalized spacial score (nSPS) is 25.9. The third kappa shape index (κ3) is 3.45. The smallest absolute Gasteiger partial charge is 0.0928 e. The molecule has 2 unspecified atom stereocenters. The molecule has 100 valence electrons. The van der Waals surface area contributed by atoms with Gasteiger partial charge in [-0.2, -0.15) is 0 Å². The molecule has 3 nitrogen and oxygen atoms in total. The first kappa shape index (κ1) is 13.8. The van der Waals surface area contributed by atoms with Crippen LogP contribution in [-0.4, -0.2) is 30.4 Å². The minimum atomic E-state index is -0.586. The zero-order valence-corrected chi connectivity index (χ0v) is 11.4. The molecule has 1 saturated heterocycles. The van der Waals surface area contributed by atoms with Crippen molar-refractivity contribution in [1.29, 1.82) is 0 Å². The summed E-state index contributed by atoms with van der Waals surface area (Å²) >= 11 is 6.06. The molecule has 1 aliphatic heterocycles. The molecule has 1 aromatic rings. The van der Waals surface area contributed by atoms with Gasteiger partial charge in [0.15, 0.2) is 0 Å². The van der Waals surface area contributed by atoms with Gasteiger partial charge in [-0.15, -0.1) is 0 Å². The van der Waals surface area contributed by atoms with Crippen LogP contribution in [0.5, 0.6) is 0 Å². The van der Waals surface area contributed by atoms with E-state index >= 15 is 0 Å². The molecule has 2 N–H and O–H groups in total. The molecule has 2 atom stereocenters. The topological polar surface area (TPSA) is 41.5 Å². The number of aliphatic hydroxyl groups excluding tert-OH is 1. The maximum atomic E-state index is 10.2. The number of nitrogens with one attached hydrogen (secondary N) is 1. The maximum Gasteiger partial charge on any atom is 0.0928 e. The first-order valence-corrected chi connectivity index (χ1v) is 6.74. The van der Waals surface area contributed by atoms with Gasteiger partial charge in [-0.25, -0.2) is 0 Å². The zero-order chi connectivity index (χ0) is 13.0. The van der Waals surface area contributed by atoms with E-state index in [4.69, 9.17) is 16.3 Å². The summed E-state index contributed by atoms with van der Waals surface area (Å²) < 4.78 is 5.48.